The molecule has 8 heteroatoms. The van der Waals surface area contributed by atoms with Crippen LogP contribution in [0.4, 0.5) is 0 Å². The Hall–Kier alpha value is -3.26. The SMILES string of the molecule is O=C(CN1C(=O)c2ccccc2C1=O)NCc1cc(-c2cccs2)on1. The van der Waals surface area contributed by atoms with Crippen LogP contribution in [0.15, 0.2) is 52.4 Å². The van der Waals surface area contributed by atoms with Crippen molar-refractivity contribution in [2.75, 3.05) is 6.54 Å². The van der Waals surface area contributed by atoms with Gasteiger partial charge in [0, 0.05) is 6.07 Å². The number of aromatic nitrogens is 1. The molecule has 3 heterocycles. The quantitative estimate of drug-likeness (QED) is 0.699. The number of hydrogen-bond acceptors (Lipinski definition) is 6. The molecule has 4 rings (SSSR count). The maximum atomic E-state index is 12.3. The molecule has 26 heavy (non-hydrogen) atoms. The average Bonchev–Trinajstić information content (AvgIpc) is 3.38. The number of imide groups is 1. The molecule has 0 aliphatic carbocycles. The van der Waals surface area contributed by atoms with Crippen molar-refractivity contribution < 1.29 is 18.9 Å². The lowest BCUT2D eigenvalue weighted by molar-refractivity contribution is -0.121. The molecule has 0 radical (unpaired) electrons. The largest absolute Gasteiger partial charge is 0.355 e. The first kappa shape index (κ1) is 16.2. The number of nitrogens with zero attached hydrogens (tertiary/aromatic N) is 2. The zero-order valence-electron chi connectivity index (χ0n) is 13.5. The fourth-order valence-electron chi connectivity index (χ4n) is 2.70. The summed E-state index contributed by atoms with van der Waals surface area (Å²) in [5, 5.41) is 8.49. The second-order valence-corrected chi connectivity index (χ2v) is 6.63. The molecular formula is C18H13N3O4S. The van der Waals surface area contributed by atoms with Crippen molar-refractivity contribution in [2.45, 2.75) is 6.54 Å². The Labute approximate surface area is 152 Å². The average molecular weight is 367 g/mol. The first-order valence-electron chi connectivity index (χ1n) is 7.85. The Morgan fingerprint density at radius 3 is 2.50 bits per heavy atom. The molecule has 0 saturated heterocycles. The molecule has 3 amide bonds. The number of carbonyl (C=O) groups excluding carboxylic acids is 3. The topological polar surface area (TPSA) is 92.5 Å². The Morgan fingerprint density at radius 2 is 1.85 bits per heavy atom. The van der Waals surface area contributed by atoms with Crippen LogP contribution in [-0.4, -0.2) is 34.3 Å². The van der Waals surface area contributed by atoms with Crippen LogP contribution in [0.25, 0.3) is 10.6 Å². The molecule has 0 saturated carbocycles. The van der Waals surface area contributed by atoms with Gasteiger partial charge in [-0.2, -0.15) is 0 Å². The second-order valence-electron chi connectivity index (χ2n) is 5.68. The summed E-state index contributed by atoms with van der Waals surface area (Å²) in [6, 6.07) is 12.1. The third-order valence-corrected chi connectivity index (χ3v) is 4.85. The Kier molecular flexibility index (Phi) is 4.10. The van der Waals surface area contributed by atoms with Crippen molar-refractivity contribution in [2.24, 2.45) is 0 Å². The van der Waals surface area contributed by atoms with E-state index < -0.39 is 17.7 Å². The Morgan fingerprint density at radius 1 is 1.12 bits per heavy atom. The van der Waals surface area contributed by atoms with Gasteiger partial charge < -0.3 is 9.84 Å². The molecule has 0 bridgehead atoms. The van der Waals surface area contributed by atoms with E-state index in [-0.39, 0.29) is 13.1 Å². The van der Waals surface area contributed by atoms with Crippen LogP contribution in [-0.2, 0) is 11.3 Å². The highest BCUT2D eigenvalue weighted by Gasteiger charge is 2.36. The molecule has 130 valence electrons. The van der Waals surface area contributed by atoms with E-state index in [1.54, 1.807) is 30.3 Å². The van der Waals surface area contributed by atoms with Crippen LogP contribution in [0.1, 0.15) is 26.4 Å². The highest BCUT2D eigenvalue weighted by molar-refractivity contribution is 7.13. The lowest BCUT2D eigenvalue weighted by Crippen LogP contribution is -2.40. The van der Waals surface area contributed by atoms with Crippen LogP contribution in [0.2, 0.25) is 0 Å². The van der Waals surface area contributed by atoms with E-state index in [0.29, 0.717) is 22.6 Å². The third kappa shape index (κ3) is 2.91. The van der Waals surface area contributed by atoms with Crippen LogP contribution >= 0.6 is 11.3 Å². The summed E-state index contributed by atoms with van der Waals surface area (Å²) in [7, 11) is 0. The number of rotatable bonds is 5. The highest BCUT2D eigenvalue weighted by atomic mass is 32.1. The van der Waals surface area contributed by atoms with Gasteiger partial charge in [0.25, 0.3) is 11.8 Å². The van der Waals surface area contributed by atoms with Gasteiger partial charge in [0.2, 0.25) is 5.91 Å². The van der Waals surface area contributed by atoms with Crippen molar-refractivity contribution in [1.82, 2.24) is 15.4 Å². The number of thiophene rings is 1. The maximum absolute atomic E-state index is 12.3. The van der Waals surface area contributed by atoms with E-state index in [2.05, 4.69) is 10.5 Å². The predicted octanol–water partition coefficient (Wildman–Crippen LogP) is 2.32. The van der Waals surface area contributed by atoms with Crippen molar-refractivity contribution in [3.63, 3.8) is 0 Å². The van der Waals surface area contributed by atoms with E-state index in [1.807, 2.05) is 17.5 Å². The molecule has 0 unspecified atom stereocenters. The fourth-order valence-corrected chi connectivity index (χ4v) is 3.37. The minimum Gasteiger partial charge on any atom is -0.355 e. The maximum Gasteiger partial charge on any atom is 0.262 e. The van der Waals surface area contributed by atoms with Gasteiger partial charge in [-0.25, -0.2) is 0 Å². The van der Waals surface area contributed by atoms with Gasteiger partial charge >= 0.3 is 0 Å². The van der Waals surface area contributed by atoms with Crippen molar-refractivity contribution in [3.05, 3.63) is 64.7 Å². The lowest BCUT2D eigenvalue weighted by Gasteiger charge is -2.13. The van der Waals surface area contributed by atoms with E-state index >= 15 is 0 Å². The summed E-state index contributed by atoms with van der Waals surface area (Å²) in [4.78, 5) is 38.5. The van der Waals surface area contributed by atoms with Gasteiger partial charge in [0.05, 0.1) is 22.5 Å². The summed E-state index contributed by atoms with van der Waals surface area (Å²) in [5.74, 6) is -0.728. The molecule has 0 fully saturated rings. The minimum atomic E-state index is -0.456. The first-order chi connectivity index (χ1) is 12.6. The Bertz CT molecular complexity index is 959. The van der Waals surface area contributed by atoms with E-state index in [0.717, 1.165) is 9.78 Å². The molecule has 1 aromatic carbocycles. The number of hydrogen-bond donors (Lipinski definition) is 1. The molecule has 1 aliphatic rings. The fraction of sp³-hybridized carbons (Fsp3) is 0.111. The van der Waals surface area contributed by atoms with Crippen molar-refractivity contribution >= 4 is 29.1 Å². The van der Waals surface area contributed by atoms with Gasteiger partial charge in [0.1, 0.15) is 12.2 Å². The van der Waals surface area contributed by atoms with Crippen LogP contribution < -0.4 is 5.32 Å². The first-order valence-corrected chi connectivity index (χ1v) is 8.73. The van der Waals surface area contributed by atoms with Gasteiger partial charge in [0.15, 0.2) is 5.76 Å². The van der Waals surface area contributed by atoms with Gasteiger partial charge in [-0.1, -0.05) is 23.4 Å². The summed E-state index contributed by atoms with van der Waals surface area (Å²) < 4.78 is 5.24. The summed E-state index contributed by atoms with van der Waals surface area (Å²) in [5.41, 5.74) is 1.20. The molecular weight excluding hydrogens is 354 g/mol. The number of amides is 3. The summed E-state index contributed by atoms with van der Waals surface area (Å²) in [6.07, 6.45) is 0. The Balaban J connectivity index is 1.37. The monoisotopic (exact) mass is 367 g/mol. The van der Waals surface area contributed by atoms with E-state index in [1.165, 1.54) is 11.3 Å². The molecule has 3 aromatic rings. The minimum absolute atomic E-state index is 0.150. The van der Waals surface area contributed by atoms with Crippen LogP contribution in [0.3, 0.4) is 0 Å². The summed E-state index contributed by atoms with van der Waals surface area (Å²) >= 11 is 1.53. The molecule has 1 N–H and O–H groups in total. The number of fused-ring (bicyclic) bond motifs is 1. The predicted molar refractivity (Wildman–Crippen MR) is 93.5 cm³/mol. The van der Waals surface area contributed by atoms with E-state index in [4.69, 9.17) is 4.52 Å². The standard InChI is InChI=1S/C18H13N3O4S/c22-16(10-21-17(23)12-4-1-2-5-13(12)18(21)24)19-9-11-8-14(25-20-11)15-6-3-7-26-15/h1-8H,9-10H2,(H,19,22). The lowest BCUT2D eigenvalue weighted by atomic mass is 10.1. The molecule has 0 spiro atoms. The number of benzene rings is 1. The normalized spacial score (nSPS) is 13.2. The highest BCUT2D eigenvalue weighted by Crippen LogP contribution is 2.25. The summed E-state index contributed by atoms with van der Waals surface area (Å²) in [6.45, 7) is -0.182. The van der Waals surface area contributed by atoms with Crippen LogP contribution in [0.5, 0.6) is 0 Å². The van der Waals surface area contributed by atoms with Crippen molar-refractivity contribution in [1.29, 1.82) is 0 Å². The number of nitrogens with one attached hydrogen (secondary N) is 1. The van der Waals surface area contributed by atoms with Crippen LogP contribution in [0, 0.1) is 0 Å². The smallest absolute Gasteiger partial charge is 0.262 e. The zero-order valence-corrected chi connectivity index (χ0v) is 14.3. The molecule has 2 aromatic heterocycles. The zero-order chi connectivity index (χ0) is 18.1. The third-order valence-electron chi connectivity index (χ3n) is 3.97. The molecule has 0 atom stereocenters. The number of carbonyl (C=O) groups is 3. The van der Waals surface area contributed by atoms with Gasteiger partial charge in [-0.05, 0) is 23.6 Å². The van der Waals surface area contributed by atoms with E-state index in [9.17, 15) is 14.4 Å². The van der Waals surface area contributed by atoms with Gasteiger partial charge in [-0.15, -0.1) is 11.3 Å². The second kappa shape index (κ2) is 6.57. The van der Waals surface area contributed by atoms with Crippen molar-refractivity contribution in [3.8, 4) is 10.6 Å². The van der Waals surface area contributed by atoms with Gasteiger partial charge in [-0.3, -0.25) is 19.3 Å². The molecule has 7 nitrogen and oxygen atoms in total. The molecule has 1 aliphatic heterocycles.